The Bertz CT molecular complexity index is 1370. The van der Waals surface area contributed by atoms with Gasteiger partial charge in [-0.15, -0.1) is 0 Å². The van der Waals surface area contributed by atoms with Crippen LogP contribution in [-0.2, 0) is 0 Å². The highest BCUT2D eigenvalue weighted by Crippen LogP contribution is 2.46. The van der Waals surface area contributed by atoms with Gasteiger partial charge in [-0.2, -0.15) is 0 Å². The summed E-state index contributed by atoms with van der Waals surface area (Å²) in [6, 6.07) is 19.4. The molecule has 2 aromatic heterocycles. The zero-order valence-corrected chi connectivity index (χ0v) is 20.2. The van der Waals surface area contributed by atoms with Gasteiger partial charge in [0.15, 0.2) is 5.11 Å². The van der Waals surface area contributed by atoms with Gasteiger partial charge in [0, 0.05) is 28.3 Å². The van der Waals surface area contributed by atoms with Crippen LogP contribution in [0, 0.1) is 13.8 Å². The van der Waals surface area contributed by atoms with Crippen LogP contribution in [0.3, 0.4) is 0 Å². The lowest BCUT2D eigenvalue weighted by molar-refractivity contribution is 0.472. The minimum absolute atomic E-state index is 0.0903. The average molecular weight is 491 g/mol. The van der Waals surface area contributed by atoms with Crippen LogP contribution >= 0.6 is 23.8 Å². The van der Waals surface area contributed by atoms with Gasteiger partial charge in [-0.25, -0.2) is 0 Å². The van der Waals surface area contributed by atoms with Crippen molar-refractivity contribution in [2.24, 2.45) is 0 Å². The Hall–Kier alpha value is -3.55. The van der Waals surface area contributed by atoms with Crippen LogP contribution < -0.4 is 10.2 Å². The van der Waals surface area contributed by atoms with E-state index in [1.807, 2.05) is 42.2 Å². The molecule has 172 valence electrons. The lowest BCUT2D eigenvalue weighted by Gasteiger charge is -2.28. The molecule has 0 saturated carbocycles. The van der Waals surface area contributed by atoms with Gasteiger partial charge in [-0.05, 0) is 92.3 Å². The fraction of sp³-hybridized carbons (Fsp3) is 0.154. The summed E-state index contributed by atoms with van der Waals surface area (Å²) < 4.78 is 2.14. The lowest BCUT2D eigenvalue weighted by atomic mass is 9.96. The molecule has 1 aliphatic heterocycles. The molecule has 4 aromatic rings. The van der Waals surface area contributed by atoms with Crippen LogP contribution in [0.25, 0.3) is 5.69 Å². The molecule has 2 aromatic carbocycles. The summed E-state index contributed by atoms with van der Waals surface area (Å²) in [7, 11) is 0. The predicted molar refractivity (Wildman–Crippen MR) is 138 cm³/mol. The highest BCUT2D eigenvalue weighted by molar-refractivity contribution is 7.80. The van der Waals surface area contributed by atoms with Crippen LogP contribution in [0.2, 0.25) is 5.02 Å². The highest BCUT2D eigenvalue weighted by Gasteiger charge is 2.43. The maximum atomic E-state index is 10.7. The molecule has 8 heteroatoms. The normalized spacial score (nSPS) is 17.7. The van der Waals surface area contributed by atoms with Crippen LogP contribution in [-0.4, -0.2) is 24.9 Å². The topological polar surface area (TPSA) is 73.5 Å². The van der Waals surface area contributed by atoms with E-state index >= 15 is 0 Å². The summed E-state index contributed by atoms with van der Waals surface area (Å²) in [5, 5.41) is 24.9. The monoisotopic (exact) mass is 490 g/mol. The van der Waals surface area contributed by atoms with E-state index < -0.39 is 0 Å². The molecule has 1 saturated heterocycles. The fourth-order valence-electron chi connectivity index (χ4n) is 4.71. The number of anilines is 1. The number of pyridine rings is 1. The SMILES string of the molecule is Cc1cc([C@@H]2[C@@H](c3ccccn3)NC(=S)N2c2cc(Cl)ccc2O)c(C)n1-c1ccc(O)cc1. The van der Waals surface area contributed by atoms with Crippen molar-refractivity contribution in [3.05, 3.63) is 101 Å². The van der Waals surface area contributed by atoms with Gasteiger partial charge in [0.1, 0.15) is 11.5 Å². The zero-order chi connectivity index (χ0) is 24.0. The first-order valence-corrected chi connectivity index (χ1v) is 11.6. The van der Waals surface area contributed by atoms with Crippen LogP contribution in [0.4, 0.5) is 5.69 Å². The maximum Gasteiger partial charge on any atom is 0.174 e. The van der Waals surface area contributed by atoms with E-state index in [2.05, 4.69) is 27.9 Å². The Balaban J connectivity index is 1.70. The van der Waals surface area contributed by atoms with E-state index in [0.29, 0.717) is 15.8 Å². The molecule has 0 amide bonds. The van der Waals surface area contributed by atoms with Crippen molar-refractivity contribution >= 4 is 34.6 Å². The summed E-state index contributed by atoms with van der Waals surface area (Å²) in [4.78, 5) is 6.51. The largest absolute Gasteiger partial charge is 0.508 e. The quantitative estimate of drug-likeness (QED) is 0.317. The molecular weight excluding hydrogens is 468 g/mol. The van der Waals surface area contributed by atoms with Gasteiger partial charge in [-0.3, -0.25) is 4.98 Å². The number of hydrogen-bond acceptors (Lipinski definition) is 4. The van der Waals surface area contributed by atoms with Crippen molar-refractivity contribution < 1.29 is 10.2 Å². The molecule has 6 nitrogen and oxygen atoms in total. The molecule has 0 radical (unpaired) electrons. The van der Waals surface area contributed by atoms with Crippen LogP contribution in [0.5, 0.6) is 11.5 Å². The first-order valence-electron chi connectivity index (χ1n) is 10.8. The van der Waals surface area contributed by atoms with Crippen LogP contribution in [0.15, 0.2) is 72.9 Å². The number of nitrogens with one attached hydrogen (secondary N) is 1. The van der Waals surface area contributed by atoms with Crippen LogP contribution in [0.1, 0.15) is 34.7 Å². The second-order valence-corrected chi connectivity index (χ2v) is 9.13. The van der Waals surface area contributed by atoms with Crippen molar-refractivity contribution in [1.29, 1.82) is 0 Å². The summed E-state index contributed by atoms with van der Waals surface area (Å²) in [5.41, 5.74) is 5.40. The average Bonchev–Trinajstić information content (AvgIpc) is 3.32. The van der Waals surface area contributed by atoms with Crippen molar-refractivity contribution in [3.8, 4) is 17.2 Å². The number of thiocarbonyl (C=S) groups is 1. The number of halogens is 1. The molecule has 1 fully saturated rings. The number of hydrogen-bond donors (Lipinski definition) is 3. The minimum Gasteiger partial charge on any atom is -0.508 e. The number of benzene rings is 2. The van der Waals surface area contributed by atoms with Gasteiger partial charge >= 0.3 is 0 Å². The smallest absolute Gasteiger partial charge is 0.174 e. The number of aryl methyl sites for hydroxylation is 1. The van der Waals surface area contributed by atoms with E-state index in [1.165, 1.54) is 0 Å². The highest BCUT2D eigenvalue weighted by atomic mass is 35.5. The van der Waals surface area contributed by atoms with E-state index in [1.54, 1.807) is 36.5 Å². The number of nitrogens with zero attached hydrogens (tertiary/aromatic N) is 3. The Labute approximate surface area is 208 Å². The molecule has 0 unspecified atom stereocenters. The van der Waals surface area contributed by atoms with E-state index in [0.717, 1.165) is 28.3 Å². The van der Waals surface area contributed by atoms with Crippen molar-refractivity contribution in [2.75, 3.05) is 4.90 Å². The summed E-state index contributed by atoms with van der Waals surface area (Å²) in [6.45, 7) is 4.10. The third kappa shape index (κ3) is 3.77. The second-order valence-electron chi connectivity index (χ2n) is 8.31. The van der Waals surface area contributed by atoms with Gasteiger partial charge in [-0.1, -0.05) is 17.7 Å². The number of aromatic hydroxyl groups is 2. The first kappa shape index (κ1) is 22.3. The van der Waals surface area contributed by atoms with E-state index in [-0.39, 0.29) is 23.6 Å². The molecular formula is C26H23ClN4O2S. The molecule has 1 aliphatic rings. The summed E-state index contributed by atoms with van der Waals surface area (Å²) in [5.74, 6) is 0.308. The summed E-state index contributed by atoms with van der Waals surface area (Å²) >= 11 is 12.1. The third-order valence-electron chi connectivity index (χ3n) is 6.19. The Morgan fingerprint density at radius 2 is 1.76 bits per heavy atom. The fourth-order valence-corrected chi connectivity index (χ4v) is 5.21. The Kier molecular flexibility index (Phi) is 5.67. The Morgan fingerprint density at radius 1 is 1.00 bits per heavy atom. The first-order chi connectivity index (χ1) is 16.3. The minimum atomic E-state index is -0.288. The number of aromatic nitrogens is 2. The standard InChI is InChI=1S/C26H23ClN4O2S/c1-15-13-20(16(2)30(15)18-7-9-19(32)10-8-18)25-24(21-5-3-4-12-28-21)29-26(34)31(25)22-14-17(27)6-11-23(22)33/h3-14,24-25,32-33H,1-2H3,(H,29,34)/t24-,25-/m1/s1. The lowest BCUT2D eigenvalue weighted by Crippen LogP contribution is -2.29. The van der Waals surface area contributed by atoms with Crippen molar-refractivity contribution in [1.82, 2.24) is 14.9 Å². The third-order valence-corrected chi connectivity index (χ3v) is 6.74. The molecule has 0 spiro atoms. The molecule has 0 aliphatic carbocycles. The van der Waals surface area contributed by atoms with Crippen molar-refractivity contribution in [3.63, 3.8) is 0 Å². The molecule has 2 atom stereocenters. The molecule has 0 bridgehead atoms. The predicted octanol–water partition coefficient (Wildman–Crippen LogP) is 5.73. The van der Waals surface area contributed by atoms with Gasteiger partial charge in [0.2, 0.25) is 0 Å². The Morgan fingerprint density at radius 3 is 2.47 bits per heavy atom. The molecule has 5 rings (SSSR count). The maximum absolute atomic E-state index is 10.7. The zero-order valence-electron chi connectivity index (χ0n) is 18.6. The molecule has 3 heterocycles. The number of phenolic OH excluding ortho intramolecular Hbond substituents is 2. The van der Waals surface area contributed by atoms with E-state index in [4.69, 9.17) is 23.8 Å². The van der Waals surface area contributed by atoms with Gasteiger partial charge < -0.3 is 25.0 Å². The molecule has 3 N–H and O–H groups in total. The second kappa shape index (κ2) is 8.66. The number of phenols is 2. The van der Waals surface area contributed by atoms with Gasteiger partial charge in [0.05, 0.1) is 23.5 Å². The van der Waals surface area contributed by atoms with E-state index in [9.17, 15) is 10.2 Å². The molecule has 34 heavy (non-hydrogen) atoms. The van der Waals surface area contributed by atoms with Crippen molar-refractivity contribution in [2.45, 2.75) is 25.9 Å². The van der Waals surface area contributed by atoms with Gasteiger partial charge in [0.25, 0.3) is 0 Å². The summed E-state index contributed by atoms with van der Waals surface area (Å²) in [6.07, 6.45) is 1.76. The number of rotatable bonds is 4.